The Morgan fingerprint density at radius 2 is 2.04 bits per heavy atom. The molecule has 3 aromatic rings. The van der Waals surface area contributed by atoms with Gasteiger partial charge in [-0.3, -0.25) is 9.59 Å². The molecule has 3 rings (SSSR count). The summed E-state index contributed by atoms with van der Waals surface area (Å²) in [4.78, 5) is 26.6. The first-order chi connectivity index (χ1) is 12.5. The third-order valence-electron chi connectivity index (χ3n) is 3.46. The molecule has 0 spiro atoms. The predicted octanol–water partition coefficient (Wildman–Crippen LogP) is 0.734. The van der Waals surface area contributed by atoms with Crippen molar-refractivity contribution in [2.45, 2.75) is 13.5 Å². The predicted molar refractivity (Wildman–Crippen MR) is 90.8 cm³/mol. The highest BCUT2D eigenvalue weighted by molar-refractivity contribution is 5.93. The van der Waals surface area contributed by atoms with Crippen molar-refractivity contribution in [2.75, 3.05) is 18.9 Å². The van der Waals surface area contributed by atoms with Crippen LogP contribution in [-0.2, 0) is 16.1 Å². The van der Waals surface area contributed by atoms with Gasteiger partial charge in [-0.15, -0.1) is 10.2 Å². The van der Waals surface area contributed by atoms with Gasteiger partial charge in [0.2, 0.25) is 17.6 Å². The van der Waals surface area contributed by atoms with Crippen LogP contribution in [0.3, 0.4) is 0 Å². The van der Waals surface area contributed by atoms with E-state index < -0.39 is 0 Å². The SMILES string of the molecule is Cc1cc(NC(=O)CN(C)C(=O)Cn2nnc(-c3ccccc3)n2)no1. The number of nitrogens with zero attached hydrogens (tertiary/aromatic N) is 6. The molecule has 1 aromatic carbocycles. The van der Waals surface area contributed by atoms with Gasteiger partial charge in [-0.25, -0.2) is 0 Å². The number of amides is 2. The molecule has 10 heteroatoms. The van der Waals surface area contributed by atoms with Crippen molar-refractivity contribution in [1.82, 2.24) is 30.3 Å². The van der Waals surface area contributed by atoms with Crippen molar-refractivity contribution in [1.29, 1.82) is 0 Å². The molecule has 2 amide bonds. The molecule has 1 N–H and O–H groups in total. The van der Waals surface area contributed by atoms with E-state index in [-0.39, 0.29) is 24.9 Å². The van der Waals surface area contributed by atoms with Gasteiger partial charge in [-0.05, 0) is 12.1 Å². The number of likely N-dealkylation sites (N-methyl/N-ethyl adjacent to an activating group) is 1. The summed E-state index contributed by atoms with van der Waals surface area (Å²) in [6.07, 6.45) is 0. The van der Waals surface area contributed by atoms with E-state index in [0.717, 1.165) is 5.56 Å². The summed E-state index contributed by atoms with van der Waals surface area (Å²) in [5.74, 6) is 0.606. The maximum absolute atomic E-state index is 12.2. The standard InChI is InChI=1S/C16H17N7O3/c1-11-8-13(20-26-11)17-14(24)9-22(2)15(25)10-23-19-16(18-21-23)12-6-4-3-5-7-12/h3-8H,9-10H2,1-2H3,(H,17,20,24). The Bertz CT molecular complexity index is 903. The van der Waals surface area contributed by atoms with Gasteiger partial charge in [0, 0.05) is 18.7 Å². The molecular weight excluding hydrogens is 338 g/mol. The van der Waals surface area contributed by atoms with Crippen LogP contribution in [0.5, 0.6) is 0 Å². The quantitative estimate of drug-likeness (QED) is 0.692. The molecule has 10 nitrogen and oxygen atoms in total. The van der Waals surface area contributed by atoms with E-state index in [4.69, 9.17) is 4.52 Å². The van der Waals surface area contributed by atoms with Crippen molar-refractivity contribution < 1.29 is 14.1 Å². The van der Waals surface area contributed by atoms with Gasteiger partial charge in [0.05, 0.1) is 6.54 Å². The van der Waals surface area contributed by atoms with Crippen LogP contribution in [0.25, 0.3) is 11.4 Å². The second-order valence-electron chi connectivity index (χ2n) is 5.63. The van der Waals surface area contributed by atoms with Gasteiger partial charge in [-0.2, -0.15) is 4.80 Å². The van der Waals surface area contributed by atoms with E-state index in [1.165, 1.54) is 16.7 Å². The first-order valence-corrected chi connectivity index (χ1v) is 7.81. The Morgan fingerprint density at radius 3 is 2.73 bits per heavy atom. The number of benzene rings is 1. The van der Waals surface area contributed by atoms with Gasteiger partial charge in [-0.1, -0.05) is 35.5 Å². The number of carbonyl (C=O) groups excluding carboxylic acids is 2. The first-order valence-electron chi connectivity index (χ1n) is 7.81. The lowest BCUT2D eigenvalue weighted by Gasteiger charge is -2.15. The lowest BCUT2D eigenvalue weighted by molar-refractivity contribution is -0.134. The fourth-order valence-corrected chi connectivity index (χ4v) is 2.17. The zero-order valence-corrected chi connectivity index (χ0v) is 14.3. The normalized spacial score (nSPS) is 10.5. The molecule has 0 aliphatic carbocycles. The molecule has 0 saturated heterocycles. The second kappa shape index (κ2) is 7.55. The van der Waals surface area contributed by atoms with E-state index in [1.807, 2.05) is 30.3 Å². The lowest BCUT2D eigenvalue weighted by atomic mass is 10.2. The molecule has 0 radical (unpaired) electrons. The number of nitrogens with one attached hydrogen (secondary N) is 1. The molecule has 0 unspecified atom stereocenters. The summed E-state index contributed by atoms with van der Waals surface area (Å²) < 4.78 is 4.86. The van der Waals surface area contributed by atoms with Gasteiger partial charge < -0.3 is 14.7 Å². The van der Waals surface area contributed by atoms with Gasteiger partial charge in [0.15, 0.2) is 5.82 Å². The van der Waals surface area contributed by atoms with Crippen molar-refractivity contribution >= 4 is 17.6 Å². The Labute approximate surface area is 148 Å². The highest BCUT2D eigenvalue weighted by atomic mass is 16.5. The zero-order chi connectivity index (χ0) is 18.5. The molecule has 0 atom stereocenters. The van der Waals surface area contributed by atoms with Crippen LogP contribution >= 0.6 is 0 Å². The molecule has 0 fully saturated rings. The monoisotopic (exact) mass is 355 g/mol. The van der Waals surface area contributed by atoms with Crippen molar-refractivity contribution in [2.24, 2.45) is 0 Å². The Morgan fingerprint density at radius 1 is 1.27 bits per heavy atom. The molecule has 2 aromatic heterocycles. The van der Waals surface area contributed by atoms with Gasteiger partial charge >= 0.3 is 0 Å². The number of aromatic nitrogens is 5. The molecule has 0 aliphatic rings. The summed E-state index contributed by atoms with van der Waals surface area (Å²) in [6, 6.07) is 10.9. The van der Waals surface area contributed by atoms with Crippen LogP contribution in [0.15, 0.2) is 40.9 Å². The molecule has 2 heterocycles. The summed E-state index contributed by atoms with van der Waals surface area (Å²) in [7, 11) is 1.52. The molecule has 134 valence electrons. The minimum absolute atomic E-state index is 0.118. The first kappa shape index (κ1) is 17.3. The smallest absolute Gasteiger partial charge is 0.246 e. The summed E-state index contributed by atoms with van der Waals surface area (Å²) in [5, 5.41) is 18.2. The van der Waals surface area contributed by atoms with Gasteiger partial charge in [0.1, 0.15) is 12.3 Å². The van der Waals surface area contributed by atoms with Crippen molar-refractivity contribution in [3.63, 3.8) is 0 Å². The maximum Gasteiger partial charge on any atom is 0.246 e. The van der Waals surface area contributed by atoms with E-state index in [9.17, 15) is 9.59 Å². The van der Waals surface area contributed by atoms with E-state index in [1.54, 1.807) is 13.0 Å². The molecule has 0 saturated carbocycles. The largest absolute Gasteiger partial charge is 0.360 e. The minimum Gasteiger partial charge on any atom is -0.360 e. The average Bonchev–Trinajstić information content (AvgIpc) is 3.24. The maximum atomic E-state index is 12.2. The number of aryl methyl sites for hydroxylation is 1. The van der Waals surface area contributed by atoms with Crippen LogP contribution in [0, 0.1) is 6.92 Å². The van der Waals surface area contributed by atoms with Crippen molar-refractivity contribution in [3.05, 3.63) is 42.2 Å². The second-order valence-corrected chi connectivity index (χ2v) is 5.63. The van der Waals surface area contributed by atoms with E-state index in [2.05, 4.69) is 25.9 Å². The Kier molecular flexibility index (Phi) is 5.02. The number of hydrogen-bond acceptors (Lipinski definition) is 7. The van der Waals surface area contributed by atoms with E-state index >= 15 is 0 Å². The summed E-state index contributed by atoms with van der Waals surface area (Å²) in [5.41, 5.74) is 0.807. The summed E-state index contributed by atoms with van der Waals surface area (Å²) >= 11 is 0. The molecular formula is C16H17N7O3. The third-order valence-corrected chi connectivity index (χ3v) is 3.46. The molecule has 26 heavy (non-hydrogen) atoms. The van der Waals surface area contributed by atoms with Crippen molar-refractivity contribution in [3.8, 4) is 11.4 Å². The topological polar surface area (TPSA) is 119 Å². The number of carbonyl (C=O) groups is 2. The third kappa shape index (κ3) is 4.29. The fourth-order valence-electron chi connectivity index (χ4n) is 2.17. The zero-order valence-electron chi connectivity index (χ0n) is 14.3. The highest BCUT2D eigenvalue weighted by Gasteiger charge is 2.16. The molecule has 0 aliphatic heterocycles. The summed E-state index contributed by atoms with van der Waals surface area (Å²) in [6.45, 7) is 1.46. The minimum atomic E-state index is -0.384. The Hall–Kier alpha value is -3.56. The van der Waals surface area contributed by atoms with E-state index in [0.29, 0.717) is 17.4 Å². The Balaban J connectivity index is 1.54. The number of anilines is 1. The number of tetrazole rings is 1. The van der Waals surface area contributed by atoms with Crippen LogP contribution < -0.4 is 5.32 Å². The van der Waals surface area contributed by atoms with Gasteiger partial charge in [0.25, 0.3) is 0 Å². The fraction of sp³-hybridized carbons (Fsp3) is 0.250. The average molecular weight is 355 g/mol. The molecule has 0 bridgehead atoms. The van der Waals surface area contributed by atoms with Crippen LogP contribution in [0.2, 0.25) is 0 Å². The highest BCUT2D eigenvalue weighted by Crippen LogP contribution is 2.11. The number of rotatable bonds is 6. The van der Waals surface area contributed by atoms with Crippen LogP contribution in [0.1, 0.15) is 5.76 Å². The lowest BCUT2D eigenvalue weighted by Crippen LogP contribution is -2.37. The van der Waals surface area contributed by atoms with Crippen LogP contribution in [-0.4, -0.2) is 55.7 Å². The van der Waals surface area contributed by atoms with Crippen LogP contribution in [0.4, 0.5) is 5.82 Å². The number of hydrogen-bond donors (Lipinski definition) is 1.